The molecule has 3 aliphatic rings. The average molecular weight is 385 g/mol. The minimum Gasteiger partial charge on any atom is -0.493 e. The van der Waals surface area contributed by atoms with E-state index < -0.39 is 0 Å². The summed E-state index contributed by atoms with van der Waals surface area (Å²) in [6.07, 6.45) is 0.707. The van der Waals surface area contributed by atoms with Gasteiger partial charge >= 0.3 is 0 Å². The minimum absolute atomic E-state index is 0.0719. The molecule has 0 spiro atoms. The van der Waals surface area contributed by atoms with E-state index in [1.807, 2.05) is 30.3 Å². The smallest absolute Gasteiger partial charge is 0.193 e. The van der Waals surface area contributed by atoms with Crippen LogP contribution in [0.2, 0.25) is 0 Å². The molecule has 1 aliphatic heterocycles. The van der Waals surface area contributed by atoms with Crippen LogP contribution in [0.5, 0.6) is 5.75 Å². The number of hydrogen-bond donors (Lipinski definition) is 0. The first-order chi connectivity index (χ1) is 13.8. The Labute approximate surface area is 170 Å². The molecule has 1 saturated heterocycles. The van der Waals surface area contributed by atoms with Crippen LogP contribution in [-0.4, -0.2) is 25.6 Å². The van der Waals surface area contributed by atoms with E-state index in [-0.39, 0.29) is 16.6 Å². The largest absolute Gasteiger partial charge is 0.493 e. The number of nitrogens with zero attached hydrogens (tertiary/aromatic N) is 1. The molecule has 0 atom stereocenters. The summed E-state index contributed by atoms with van der Waals surface area (Å²) in [5.74, 6) is 0.868. The summed E-state index contributed by atoms with van der Waals surface area (Å²) >= 11 is 0. The summed E-state index contributed by atoms with van der Waals surface area (Å²) in [6, 6.07) is 13.7. The van der Waals surface area contributed by atoms with Crippen LogP contribution in [-0.2, 0) is 16.6 Å². The monoisotopic (exact) mass is 385 g/mol. The van der Waals surface area contributed by atoms with Gasteiger partial charge in [0.1, 0.15) is 5.75 Å². The molecule has 4 heteroatoms. The van der Waals surface area contributed by atoms with Crippen LogP contribution in [0.15, 0.2) is 42.0 Å². The molecule has 0 saturated carbocycles. The topological polar surface area (TPSA) is 59.3 Å². The number of benzene rings is 2. The summed E-state index contributed by atoms with van der Waals surface area (Å²) in [6.45, 7) is 8.56. The number of allylic oxidation sites excluding steroid dienone is 2. The number of carbonyl (C=O) groups is 1. The highest BCUT2D eigenvalue weighted by Gasteiger charge is 2.43. The van der Waals surface area contributed by atoms with Crippen molar-refractivity contribution >= 4 is 11.4 Å². The molecule has 0 aromatic heterocycles. The van der Waals surface area contributed by atoms with Gasteiger partial charge < -0.3 is 9.47 Å². The van der Waals surface area contributed by atoms with Gasteiger partial charge in [0, 0.05) is 22.0 Å². The van der Waals surface area contributed by atoms with E-state index in [1.54, 1.807) is 6.07 Å². The molecule has 2 aliphatic carbocycles. The average Bonchev–Trinajstić information content (AvgIpc) is 3.09. The van der Waals surface area contributed by atoms with Crippen molar-refractivity contribution in [1.82, 2.24) is 0 Å². The van der Waals surface area contributed by atoms with E-state index in [4.69, 9.17) is 9.47 Å². The van der Waals surface area contributed by atoms with E-state index in [2.05, 4.69) is 26.8 Å². The van der Waals surface area contributed by atoms with Gasteiger partial charge in [0.05, 0.1) is 31.5 Å². The Bertz CT molecular complexity index is 1130. The highest BCUT2D eigenvalue weighted by molar-refractivity contribution is 6.33. The van der Waals surface area contributed by atoms with Crippen LogP contribution in [0.4, 0.5) is 0 Å². The number of hydrogen-bond acceptors (Lipinski definition) is 4. The zero-order chi connectivity index (χ0) is 20.4. The van der Waals surface area contributed by atoms with Crippen LogP contribution >= 0.6 is 0 Å². The molecule has 146 valence electrons. The molecular formula is C25H23NO3. The number of ether oxygens (including phenoxy) is 2. The molecule has 5 rings (SSSR count). The molecule has 0 N–H and O–H groups in total. The first-order valence-corrected chi connectivity index (χ1v) is 9.99. The maximum absolute atomic E-state index is 13.4. The van der Waals surface area contributed by atoms with Gasteiger partial charge in [-0.2, -0.15) is 5.26 Å². The number of Topliss-reactive ketones (excluding diaryl/α,β-unsaturated/α-hetero) is 1. The van der Waals surface area contributed by atoms with Gasteiger partial charge in [0.25, 0.3) is 0 Å². The molecule has 2 aromatic carbocycles. The standard InChI is InChI=1S/C25H23NO3/c1-24(2)20-10-17(29-14-25(3)12-28-13-25)5-7-19(20)23(27)22-18-6-4-15(11-26)8-16(18)9-21(22)24/h4-8,10H,9,12-14H2,1-3H3. The van der Waals surface area contributed by atoms with Crippen molar-refractivity contribution in [3.63, 3.8) is 0 Å². The van der Waals surface area contributed by atoms with Crippen LogP contribution in [0.3, 0.4) is 0 Å². The van der Waals surface area contributed by atoms with Gasteiger partial charge in [-0.25, -0.2) is 0 Å². The molecule has 0 radical (unpaired) electrons. The van der Waals surface area contributed by atoms with Gasteiger partial charge in [-0.3, -0.25) is 4.79 Å². The Kier molecular flexibility index (Phi) is 3.78. The van der Waals surface area contributed by atoms with Crippen molar-refractivity contribution < 1.29 is 14.3 Å². The third kappa shape index (κ3) is 2.65. The molecule has 1 fully saturated rings. The van der Waals surface area contributed by atoms with E-state index in [0.717, 1.165) is 52.4 Å². The molecule has 29 heavy (non-hydrogen) atoms. The van der Waals surface area contributed by atoms with Gasteiger partial charge in [-0.15, -0.1) is 0 Å². The van der Waals surface area contributed by atoms with Gasteiger partial charge in [0.15, 0.2) is 5.78 Å². The Balaban J connectivity index is 1.52. The fourth-order valence-corrected chi connectivity index (χ4v) is 4.70. The minimum atomic E-state index is -0.284. The van der Waals surface area contributed by atoms with E-state index in [9.17, 15) is 10.1 Å². The van der Waals surface area contributed by atoms with Crippen molar-refractivity contribution in [3.05, 3.63) is 69.8 Å². The lowest BCUT2D eigenvalue weighted by atomic mass is 9.68. The first kappa shape index (κ1) is 18.1. The Hall–Kier alpha value is -2.90. The predicted octanol–water partition coefficient (Wildman–Crippen LogP) is 4.46. The van der Waals surface area contributed by atoms with E-state index >= 15 is 0 Å². The lowest BCUT2D eigenvalue weighted by Gasteiger charge is -2.38. The lowest BCUT2D eigenvalue weighted by molar-refractivity contribution is -0.120. The number of rotatable bonds is 3. The number of fused-ring (bicyclic) bond motifs is 3. The summed E-state index contributed by atoms with van der Waals surface area (Å²) in [4.78, 5) is 13.4. The third-order valence-electron chi connectivity index (χ3n) is 6.55. The number of carbonyl (C=O) groups excluding carboxylic acids is 1. The maximum atomic E-state index is 13.4. The molecule has 2 aromatic rings. The third-order valence-corrected chi connectivity index (χ3v) is 6.55. The molecule has 1 heterocycles. The second-order valence-electron chi connectivity index (χ2n) is 9.27. The number of nitriles is 1. The molecule has 0 amide bonds. The van der Waals surface area contributed by atoms with Crippen molar-refractivity contribution in [1.29, 1.82) is 5.26 Å². The second-order valence-corrected chi connectivity index (χ2v) is 9.27. The Morgan fingerprint density at radius 3 is 2.55 bits per heavy atom. The molecule has 0 bridgehead atoms. The SMILES string of the molecule is CC1(COc2ccc3c(c2)C(C)(C)C2=C(C3=O)c3ccc(C#N)cc3C2)COC1. The quantitative estimate of drug-likeness (QED) is 0.783. The summed E-state index contributed by atoms with van der Waals surface area (Å²) < 4.78 is 11.4. The second kappa shape index (κ2) is 6.05. The van der Waals surface area contributed by atoms with Gasteiger partial charge in [0.2, 0.25) is 0 Å². The summed E-state index contributed by atoms with van der Waals surface area (Å²) in [5, 5.41) is 9.23. The van der Waals surface area contributed by atoms with Crippen LogP contribution in [0.1, 0.15) is 53.4 Å². The maximum Gasteiger partial charge on any atom is 0.193 e. The Morgan fingerprint density at radius 1 is 1.10 bits per heavy atom. The zero-order valence-electron chi connectivity index (χ0n) is 17.0. The van der Waals surface area contributed by atoms with Crippen molar-refractivity contribution in [3.8, 4) is 11.8 Å². The Morgan fingerprint density at radius 2 is 1.86 bits per heavy atom. The summed E-state index contributed by atoms with van der Waals surface area (Å²) in [7, 11) is 0. The highest BCUT2D eigenvalue weighted by atomic mass is 16.5. The molecule has 4 nitrogen and oxygen atoms in total. The van der Waals surface area contributed by atoms with Crippen LogP contribution < -0.4 is 4.74 Å². The fraction of sp³-hybridized carbons (Fsp3) is 0.360. The van der Waals surface area contributed by atoms with Gasteiger partial charge in [-0.1, -0.05) is 26.8 Å². The molecular weight excluding hydrogens is 362 g/mol. The highest BCUT2D eigenvalue weighted by Crippen LogP contribution is 2.50. The number of ketones is 1. The van der Waals surface area contributed by atoms with Crippen LogP contribution in [0, 0.1) is 16.7 Å². The lowest BCUT2D eigenvalue weighted by Crippen LogP contribution is -2.44. The van der Waals surface area contributed by atoms with Gasteiger partial charge in [-0.05, 0) is 59.0 Å². The van der Waals surface area contributed by atoms with Crippen molar-refractivity contribution in [2.24, 2.45) is 5.41 Å². The normalized spacial score (nSPS) is 20.3. The van der Waals surface area contributed by atoms with E-state index in [1.165, 1.54) is 0 Å². The predicted molar refractivity (Wildman–Crippen MR) is 110 cm³/mol. The van der Waals surface area contributed by atoms with E-state index in [0.29, 0.717) is 18.6 Å². The first-order valence-electron chi connectivity index (χ1n) is 9.99. The van der Waals surface area contributed by atoms with Crippen LogP contribution in [0.25, 0.3) is 5.57 Å². The van der Waals surface area contributed by atoms with Crippen molar-refractivity contribution in [2.45, 2.75) is 32.6 Å². The summed E-state index contributed by atoms with van der Waals surface area (Å²) in [5.41, 5.74) is 6.18. The fourth-order valence-electron chi connectivity index (χ4n) is 4.70. The zero-order valence-corrected chi connectivity index (χ0v) is 17.0. The van der Waals surface area contributed by atoms with Crippen molar-refractivity contribution in [2.75, 3.05) is 19.8 Å². The molecule has 0 unspecified atom stereocenters.